The van der Waals surface area contributed by atoms with Crippen molar-refractivity contribution in [3.63, 3.8) is 0 Å². The number of hydrogen-bond acceptors (Lipinski definition) is 1. The van der Waals surface area contributed by atoms with Crippen LogP contribution in [0.4, 0.5) is 5.69 Å². The van der Waals surface area contributed by atoms with Crippen LogP contribution in [0.1, 0.15) is 18.1 Å². The van der Waals surface area contributed by atoms with Crippen molar-refractivity contribution in [2.24, 2.45) is 0 Å². The highest BCUT2D eigenvalue weighted by atomic mass is 16.1. The quantitative estimate of drug-likeness (QED) is 0.870. The molecule has 0 fully saturated rings. The number of carbonyl (C=O) groups is 1. The Kier molecular flexibility index (Phi) is 4.13. The summed E-state index contributed by atoms with van der Waals surface area (Å²) in [5, 5.41) is 2.88. The van der Waals surface area contributed by atoms with Crippen LogP contribution in [-0.2, 0) is 17.6 Å². The largest absolute Gasteiger partial charge is 0.326 e. The molecule has 0 saturated carbocycles. The first-order valence-corrected chi connectivity index (χ1v) is 6.20. The third-order valence-corrected chi connectivity index (χ3v) is 2.85. The summed E-state index contributed by atoms with van der Waals surface area (Å²) >= 11 is 0. The smallest absolute Gasteiger partial charge is 0.228 e. The standard InChI is InChI=1S/C16H17NO/c1-2-13-8-10-14(11-9-13)12-16(18)17-15-6-4-3-5-7-15/h3-11H,2,12H2,1H3,(H,17,18). The summed E-state index contributed by atoms with van der Waals surface area (Å²) in [7, 11) is 0. The zero-order valence-corrected chi connectivity index (χ0v) is 10.5. The van der Waals surface area contributed by atoms with Crippen LogP contribution in [0, 0.1) is 0 Å². The van der Waals surface area contributed by atoms with Crippen molar-refractivity contribution in [2.75, 3.05) is 5.32 Å². The number of rotatable bonds is 4. The van der Waals surface area contributed by atoms with Crippen LogP contribution < -0.4 is 5.32 Å². The van der Waals surface area contributed by atoms with Gasteiger partial charge in [0.1, 0.15) is 0 Å². The molecule has 0 spiro atoms. The fourth-order valence-corrected chi connectivity index (χ4v) is 1.80. The van der Waals surface area contributed by atoms with Gasteiger partial charge in [-0.3, -0.25) is 4.79 Å². The molecular formula is C16H17NO. The Morgan fingerprint density at radius 3 is 2.17 bits per heavy atom. The predicted octanol–water partition coefficient (Wildman–Crippen LogP) is 3.43. The van der Waals surface area contributed by atoms with Crippen molar-refractivity contribution in [3.05, 3.63) is 65.7 Å². The van der Waals surface area contributed by atoms with Gasteiger partial charge in [0.2, 0.25) is 5.91 Å². The third-order valence-electron chi connectivity index (χ3n) is 2.85. The van der Waals surface area contributed by atoms with Gasteiger partial charge in [0.25, 0.3) is 0 Å². The van der Waals surface area contributed by atoms with Gasteiger partial charge < -0.3 is 5.32 Å². The lowest BCUT2D eigenvalue weighted by Gasteiger charge is -2.05. The third kappa shape index (κ3) is 3.45. The monoisotopic (exact) mass is 239 g/mol. The number of nitrogens with one attached hydrogen (secondary N) is 1. The Hall–Kier alpha value is -2.09. The highest BCUT2D eigenvalue weighted by Crippen LogP contribution is 2.09. The van der Waals surface area contributed by atoms with Gasteiger partial charge in [-0.2, -0.15) is 0 Å². The van der Waals surface area contributed by atoms with E-state index in [4.69, 9.17) is 0 Å². The van der Waals surface area contributed by atoms with Crippen molar-refractivity contribution >= 4 is 11.6 Å². The maximum absolute atomic E-state index is 11.8. The summed E-state index contributed by atoms with van der Waals surface area (Å²) < 4.78 is 0. The molecule has 2 heteroatoms. The summed E-state index contributed by atoms with van der Waals surface area (Å²) in [4.78, 5) is 11.8. The average Bonchev–Trinajstić information content (AvgIpc) is 2.40. The molecule has 0 unspecified atom stereocenters. The molecule has 2 aromatic carbocycles. The van der Waals surface area contributed by atoms with Gasteiger partial charge in [0, 0.05) is 5.69 Å². The van der Waals surface area contributed by atoms with E-state index in [1.165, 1.54) is 5.56 Å². The van der Waals surface area contributed by atoms with Gasteiger partial charge in [-0.15, -0.1) is 0 Å². The Labute approximate surface area is 108 Å². The van der Waals surface area contributed by atoms with Crippen LogP contribution in [0.15, 0.2) is 54.6 Å². The van der Waals surface area contributed by atoms with Gasteiger partial charge in [0.05, 0.1) is 6.42 Å². The van der Waals surface area contributed by atoms with E-state index in [-0.39, 0.29) is 5.91 Å². The molecule has 2 rings (SSSR count). The molecule has 2 nitrogen and oxygen atoms in total. The fraction of sp³-hybridized carbons (Fsp3) is 0.188. The molecular weight excluding hydrogens is 222 g/mol. The topological polar surface area (TPSA) is 29.1 Å². The number of carbonyl (C=O) groups excluding carboxylic acids is 1. The van der Waals surface area contributed by atoms with E-state index >= 15 is 0 Å². The molecule has 0 bridgehead atoms. The lowest BCUT2D eigenvalue weighted by atomic mass is 10.1. The molecule has 18 heavy (non-hydrogen) atoms. The zero-order valence-electron chi connectivity index (χ0n) is 10.5. The normalized spacial score (nSPS) is 10.1. The van der Waals surface area contributed by atoms with E-state index < -0.39 is 0 Å². The van der Waals surface area contributed by atoms with Crippen LogP contribution in [0.2, 0.25) is 0 Å². The number of para-hydroxylation sites is 1. The van der Waals surface area contributed by atoms with Gasteiger partial charge in [-0.1, -0.05) is 49.4 Å². The van der Waals surface area contributed by atoms with Crippen LogP contribution in [-0.4, -0.2) is 5.91 Å². The highest BCUT2D eigenvalue weighted by Gasteiger charge is 2.03. The number of hydrogen-bond donors (Lipinski definition) is 1. The molecule has 0 atom stereocenters. The van der Waals surface area contributed by atoms with Crippen molar-refractivity contribution in [3.8, 4) is 0 Å². The van der Waals surface area contributed by atoms with E-state index in [0.717, 1.165) is 17.7 Å². The number of benzene rings is 2. The maximum Gasteiger partial charge on any atom is 0.228 e. The number of anilines is 1. The first-order valence-electron chi connectivity index (χ1n) is 6.20. The molecule has 0 radical (unpaired) electrons. The average molecular weight is 239 g/mol. The Bertz CT molecular complexity index is 502. The second-order valence-corrected chi connectivity index (χ2v) is 4.26. The predicted molar refractivity (Wildman–Crippen MR) is 74.6 cm³/mol. The Morgan fingerprint density at radius 2 is 1.56 bits per heavy atom. The molecule has 92 valence electrons. The summed E-state index contributed by atoms with van der Waals surface area (Å²) in [5.41, 5.74) is 3.18. The first-order chi connectivity index (χ1) is 8.78. The van der Waals surface area contributed by atoms with E-state index in [9.17, 15) is 4.79 Å². The Balaban J connectivity index is 1.94. The van der Waals surface area contributed by atoms with Crippen LogP contribution in [0.25, 0.3) is 0 Å². The summed E-state index contributed by atoms with van der Waals surface area (Å²) in [6.45, 7) is 2.12. The van der Waals surface area contributed by atoms with Crippen molar-refractivity contribution in [1.82, 2.24) is 0 Å². The molecule has 0 aliphatic carbocycles. The molecule has 2 aromatic rings. The molecule has 1 N–H and O–H groups in total. The SMILES string of the molecule is CCc1ccc(CC(=O)Nc2ccccc2)cc1. The minimum absolute atomic E-state index is 0.0189. The summed E-state index contributed by atoms with van der Waals surface area (Å²) in [5.74, 6) is 0.0189. The Morgan fingerprint density at radius 1 is 0.944 bits per heavy atom. The second kappa shape index (κ2) is 6.01. The molecule has 0 aliphatic rings. The molecule has 1 amide bonds. The molecule has 0 aromatic heterocycles. The van der Waals surface area contributed by atoms with Crippen molar-refractivity contribution in [2.45, 2.75) is 19.8 Å². The molecule has 0 saturated heterocycles. The fourth-order valence-electron chi connectivity index (χ4n) is 1.80. The lowest BCUT2D eigenvalue weighted by Crippen LogP contribution is -2.14. The number of aryl methyl sites for hydroxylation is 1. The first kappa shape index (κ1) is 12.4. The summed E-state index contributed by atoms with van der Waals surface area (Å²) in [6.07, 6.45) is 1.44. The zero-order chi connectivity index (χ0) is 12.8. The van der Waals surface area contributed by atoms with Crippen LogP contribution in [0.3, 0.4) is 0 Å². The van der Waals surface area contributed by atoms with E-state index in [0.29, 0.717) is 6.42 Å². The summed E-state index contributed by atoms with van der Waals surface area (Å²) in [6, 6.07) is 17.7. The minimum atomic E-state index is 0.0189. The lowest BCUT2D eigenvalue weighted by molar-refractivity contribution is -0.115. The van der Waals surface area contributed by atoms with Crippen LogP contribution in [0.5, 0.6) is 0 Å². The van der Waals surface area contributed by atoms with E-state index in [1.807, 2.05) is 42.5 Å². The van der Waals surface area contributed by atoms with Gasteiger partial charge in [-0.25, -0.2) is 0 Å². The van der Waals surface area contributed by atoms with Gasteiger partial charge >= 0.3 is 0 Å². The second-order valence-electron chi connectivity index (χ2n) is 4.26. The van der Waals surface area contributed by atoms with Crippen molar-refractivity contribution < 1.29 is 4.79 Å². The van der Waals surface area contributed by atoms with Crippen LogP contribution >= 0.6 is 0 Å². The van der Waals surface area contributed by atoms with Gasteiger partial charge in [0.15, 0.2) is 0 Å². The molecule has 0 aliphatic heterocycles. The van der Waals surface area contributed by atoms with Gasteiger partial charge in [-0.05, 0) is 29.7 Å². The molecule has 0 heterocycles. The maximum atomic E-state index is 11.8. The highest BCUT2D eigenvalue weighted by molar-refractivity contribution is 5.92. The van der Waals surface area contributed by atoms with Crippen molar-refractivity contribution in [1.29, 1.82) is 0 Å². The number of amides is 1. The minimum Gasteiger partial charge on any atom is -0.326 e. The van der Waals surface area contributed by atoms with E-state index in [2.05, 4.69) is 24.4 Å². The van der Waals surface area contributed by atoms with E-state index in [1.54, 1.807) is 0 Å².